The topological polar surface area (TPSA) is 69.4 Å². The maximum atomic E-state index is 5.86. The van der Waals surface area contributed by atoms with Crippen molar-refractivity contribution in [2.24, 2.45) is 0 Å². The lowest BCUT2D eigenvalue weighted by Crippen LogP contribution is -2.07. The maximum absolute atomic E-state index is 5.86. The monoisotopic (exact) mass is 287 g/mol. The number of hydrogen-bond donors (Lipinski definition) is 2. The fourth-order valence-corrected chi connectivity index (χ4v) is 2.01. The van der Waals surface area contributed by atoms with Crippen molar-refractivity contribution in [1.29, 1.82) is 0 Å². The van der Waals surface area contributed by atoms with Gasteiger partial charge in [0, 0.05) is 24.5 Å². The number of methoxy groups -OCH3 is 2. The van der Waals surface area contributed by atoms with Crippen LogP contribution in [0.15, 0.2) is 30.5 Å². The first-order valence-electron chi connectivity index (χ1n) is 6.81. The highest BCUT2D eigenvalue weighted by molar-refractivity contribution is 5.53. The molecule has 0 fully saturated rings. The number of anilines is 2. The number of aromatic nitrogens is 1. The summed E-state index contributed by atoms with van der Waals surface area (Å²) in [4.78, 5) is 4.30. The van der Waals surface area contributed by atoms with Gasteiger partial charge in [-0.25, -0.2) is 4.98 Å². The molecule has 0 saturated carbocycles. The minimum atomic E-state index is 0.738. The second-order valence-electron chi connectivity index (χ2n) is 4.79. The van der Waals surface area contributed by atoms with Gasteiger partial charge in [0.05, 0.1) is 14.2 Å². The third-order valence-corrected chi connectivity index (χ3v) is 3.31. The number of nitrogen functional groups attached to an aromatic ring is 1. The number of pyridine rings is 1. The van der Waals surface area contributed by atoms with Gasteiger partial charge in [-0.3, -0.25) is 0 Å². The smallest absolute Gasteiger partial charge is 0.160 e. The number of nitrogens with two attached hydrogens (primary N) is 1. The van der Waals surface area contributed by atoms with Crippen LogP contribution in [0.3, 0.4) is 0 Å². The van der Waals surface area contributed by atoms with E-state index in [2.05, 4.69) is 10.3 Å². The second-order valence-corrected chi connectivity index (χ2v) is 4.79. The number of nitrogens with zero attached hydrogens (tertiary/aromatic N) is 1. The summed E-state index contributed by atoms with van der Waals surface area (Å²) in [5.41, 5.74) is 8.77. The van der Waals surface area contributed by atoms with Gasteiger partial charge >= 0.3 is 0 Å². The lowest BCUT2D eigenvalue weighted by atomic mass is 10.1. The Balaban J connectivity index is 1.95. The van der Waals surface area contributed by atoms with E-state index in [1.54, 1.807) is 20.4 Å². The van der Waals surface area contributed by atoms with Crippen LogP contribution in [-0.2, 0) is 6.42 Å². The summed E-state index contributed by atoms with van der Waals surface area (Å²) >= 11 is 0. The van der Waals surface area contributed by atoms with Crippen LogP contribution in [-0.4, -0.2) is 25.7 Å². The predicted octanol–water partition coefficient (Wildman–Crippen LogP) is 2.64. The van der Waals surface area contributed by atoms with Crippen molar-refractivity contribution in [3.63, 3.8) is 0 Å². The highest BCUT2D eigenvalue weighted by atomic mass is 16.5. The third kappa shape index (κ3) is 3.78. The van der Waals surface area contributed by atoms with E-state index in [9.17, 15) is 0 Å². The van der Waals surface area contributed by atoms with Crippen LogP contribution in [0.2, 0.25) is 0 Å². The Morgan fingerprint density at radius 3 is 2.57 bits per heavy atom. The Kier molecular flexibility index (Phi) is 4.87. The average molecular weight is 287 g/mol. The SMILES string of the molecule is COc1ccc(CCNc2cc(N)c(C)cn2)cc1OC. The molecule has 0 aliphatic rings. The molecule has 0 aliphatic carbocycles. The summed E-state index contributed by atoms with van der Waals surface area (Å²) in [6.45, 7) is 2.71. The lowest BCUT2D eigenvalue weighted by molar-refractivity contribution is 0.354. The van der Waals surface area contributed by atoms with Crippen molar-refractivity contribution in [2.75, 3.05) is 31.8 Å². The average Bonchev–Trinajstić information content (AvgIpc) is 2.50. The van der Waals surface area contributed by atoms with E-state index < -0.39 is 0 Å². The Hall–Kier alpha value is -2.43. The normalized spacial score (nSPS) is 10.2. The summed E-state index contributed by atoms with van der Waals surface area (Å²) in [6, 6.07) is 7.78. The van der Waals surface area contributed by atoms with Crippen LogP contribution in [0.1, 0.15) is 11.1 Å². The van der Waals surface area contributed by atoms with E-state index in [0.29, 0.717) is 0 Å². The summed E-state index contributed by atoms with van der Waals surface area (Å²) in [7, 11) is 3.27. The fourth-order valence-electron chi connectivity index (χ4n) is 2.01. The number of aryl methyl sites for hydroxylation is 1. The molecule has 1 aromatic carbocycles. The van der Waals surface area contributed by atoms with Gasteiger partial charge in [0.25, 0.3) is 0 Å². The van der Waals surface area contributed by atoms with E-state index in [-0.39, 0.29) is 0 Å². The number of ether oxygens (including phenoxy) is 2. The molecule has 0 amide bonds. The highest BCUT2D eigenvalue weighted by Gasteiger charge is 2.04. The van der Waals surface area contributed by atoms with Crippen LogP contribution in [0.25, 0.3) is 0 Å². The van der Waals surface area contributed by atoms with Crippen LogP contribution >= 0.6 is 0 Å². The Morgan fingerprint density at radius 2 is 1.90 bits per heavy atom. The zero-order valence-electron chi connectivity index (χ0n) is 12.6. The van der Waals surface area contributed by atoms with E-state index in [1.165, 1.54) is 5.56 Å². The lowest BCUT2D eigenvalue weighted by Gasteiger charge is -2.10. The minimum absolute atomic E-state index is 0.738. The Morgan fingerprint density at radius 1 is 1.14 bits per heavy atom. The fraction of sp³-hybridized carbons (Fsp3) is 0.312. The Bertz CT molecular complexity index is 614. The molecule has 3 N–H and O–H groups in total. The standard InChI is InChI=1S/C16H21N3O2/c1-11-10-19-16(9-13(11)17)18-7-6-12-4-5-14(20-2)15(8-12)21-3/h4-5,8-10H,6-7H2,1-3H3,(H3,17,18,19). The molecule has 1 aromatic heterocycles. The van der Waals surface area contributed by atoms with Crippen LogP contribution in [0.5, 0.6) is 11.5 Å². The van der Waals surface area contributed by atoms with Gasteiger partial charge < -0.3 is 20.5 Å². The number of benzene rings is 1. The largest absolute Gasteiger partial charge is 0.493 e. The molecule has 0 radical (unpaired) electrons. The molecule has 0 atom stereocenters. The van der Waals surface area contributed by atoms with Gasteiger partial charge in [-0.2, -0.15) is 0 Å². The van der Waals surface area contributed by atoms with Crippen molar-refractivity contribution in [2.45, 2.75) is 13.3 Å². The quantitative estimate of drug-likeness (QED) is 0.854. The molecule has 0 unspecified atom stereocenters. The molecule has 0 saturated heterocycles. The molecule has 112 valence electrons. The first-order valence-corrected chi connectivity index (χ1v) is 6.81. The zero-order valence-corrected chi connectivity index (χ0v) is 12.6. The number of nitrogens with one attached hydrogen (secondary N) is 1. The molecule has 5 nitrogen and oxygen atoms in total. The molecule has 0 spiro atoms. The van der Waals surface area contributed by atoms with E-state index in [0.717, 1.165) is 41.5 Å². The van der Waals surface area contributed by atoms with Crippen molar-refractivity contribution in [3.8, 4) is 11.5 Å². The predicted molar refractivity (Wildman–Crippen MR) is 85.1 cm³/mol. The van der Waals surface area contributed by atoms with E-state index in [4.69, 9.17) is 15.2 Å². The maximum Gasteiger partial charge on any atom is 0.160 e. The number of hydrogen-bond acceptors (Lipinski definition) is 5. The molecular formula is C16H21N3O2. The molecular weight excluding hydrogens is 266 g/mol. The van der Waals surface area contributed by atoms with Gasteiger partial charge in [0.2, 0.25) is 0 Å². The van der Waals surface area contributed by atoms with Gasteiger partial charge in [-0.1, -0.05) is 6.07 Å². The third-order valence-electron chi connectivity index (χ3n) is 3.31. The Labute approximate surface area is 125 Å². The molecule has 2 rings (SSSR count). The summed E-state index contributed by atoms with van der Waals surface area (Å²) < 4.78 is 10.5. The molecule has 2 aromatic rings. The van der Waals surface area contributed by atoms with Crippen molar-refractivity contribution in [3.05, 3.63) is 41.6 Å². The minimum Gasteiger partial charge on any atom is -0.493 e. The van der Waals surface area contributed by atoms with Crippen LogP contribution < -0.4 is 20.5 Å². The first kappa shape index (κ1) is 15.0. The van der Waals surface area contributed by atoms with Gasteiger partial charge in [0.1, 0.15) is 5.82 Å². The zero-order chi connectivity index (χ0) is 15.2. The van der Waals surface area contributed by atoms with E-state index >= 15 is 0 Å². The first-order chi connectivity index (χ1) is 10.1. The molecule has 21 heavy (non-hydrogen) atoms. The van der Waals surface area contributed by atoms with Gasteiger partial charge in [-0.05, 0) is 36.6 Å². The van der Waals surface area contributed by atoms with E-state index in [1.807, 2.05) is 31.2 Å². The molecule has 0 bridgehead atoms. The molecule has 0 aliphatic heterocycles. The van der Waals surface area contributed by atoms with Crippen molar-refractivity contribution < 1.29 is 9.47 Å². The van der Waals surface area contributed by atoms with Crippen molar-refractivity contribution >= 4 is 11.5 Å². The number of rotatable bonds is 6. The molecule has 1 heterocycles. The van der Waals surface area contributed by atoms with Crippen molar-refractivity contribution in [1.82, 2.24) is 4.98 Å². The summed E-state index contributed by atoms with van der Waals surface area (Å²) in [5.74, 6) is 2.27. The summed E-state index contributed by atoms with van der Waals surface area (Å²) in [6.07, 6.45) is 2.63. The van der Waals surface area contributed by atoms with Gasteiger partial charge in [-0.15, -0.1) is 0 Å². The van der Waals surface area contributed by atoms with Crippen LogP contribution in [0, 0.1) is 6.92 Å². The summed E-state index contributed by atoms with van der Waals surface area (Å²) in [5, 5.41) is 3.26. The highest BCUT2D eigenvalue weighted by Crippen LogP contribution is 2.27. The molecule has 5 heteroatoms. The van der Waals surface area contributed by atoms with Gasteiger partial charge in [0.15, 0.2) is 11.5 Å². The second kappa shape index (κ2) is 6.83. The van der Waals surface area contributed by atoms with Crippen LogP contribution in [0.4, 0.5) is 11.5 Å².